The number of Topliss-reactive ketones (excluding diaryl/α,β-unsaturated/α-hetero) is 1. The molecule has 0 aromatic rings. The molecule has 1 aliphatic heterocycles. The molecule has 1 saturated heterocycles. The SMILES string of the molecule is CC(=O)CC1CCCCCN1CC1CC2CCC1C2. The molecule has 108 valence electrons. The molecule has 2 bridgehead atoms. The Kier molecular flexibility index (Phi) is 4.26. The van der Waals surface area contributed by atoms with Gasteiger partial charge in [0.2, 0.25) is 0 Å². The summed E-state index contributed by atoms with van der Waals surface area (Å²) in [7, 11) is 0. The fourth-order valence-electron chi connectivity index (χ4n) is 4.94. The van der Waals surface area contributed by atoms with Crippen LogP contribution in [-0.2, 0) is 4.79 Å². The Balaban J connectivity index is 1.60. The van der Waals surface area contributed by atoms with Crippen molar-refractivity contribution in [3.8, 4) is 0 Å². The topological polar surface area (TPSA) is 20.3 Å². The Morgan fingerprint density at radius 1 is 1.11 bits per heavy atom. The zero-order chi connectivity index (χ0) is 13.2. The van der Waals surface area contributed by atoms with Gasteiger partial charge in [0.25, 0.3) is 0 Å². The van der Waals surface area contributed by atoms with Crippen LogP contribution in [0.25, 0.3) is 0 Å². The molecule has 0 N–H and O–H groups in total. The number of carbonyl (C=O) groups is 1. The average molecular weight is 263 g/mol. The summed E-state index contributed by atoms with van der Waals surface area (Å²) in [6, 6.07) is 0.555. The second kappa shape index (κ2) is 5.95. The van der Waals surface area contributed by atoms with E-state index in [0.717, 1.165) is 24.2 Å². The van der Waals surface area contributed by atoms with E-state index < -0.39 is 0 Å². The molecule has 3 fully saturated rings. The molecule has 19 heavy (non-hydrogen) atoms. The van der Waals surface area contributed by atoms with Gasteiger partial charge in [0, 0.05) is 19.0 Å². The lowest BCUT2D eigenvalue weighted by Gasteiger charge is -2.34. The smallest absolute Gasteiger partial charge is 0.131 e. The molecule has 0 amide bonds. The molecule has 2 nitrogen and oxygen atoms in total. The largest absolute Gasteiger partial charge is 0.300 e. The normalized spacial score (nSPS) is 39.4. The van der Waals surface area contributed by atoms with Crippen molar-refractivity contribution in [1.29, 1.82) is 0 Å². The highest BCUT2D eigenvalue weighted by Crippen LogP contribution is 2.48. The molecular weight excluding hydrogens is 234 g/mol. The molecular formula is C17H29NO. The summed E-state index contributed by atoms with van der Waals surface area (Å²) in [5.74, 6) is 3.40. The predicted octanol–water partition coefficient (Wildman–Crippen LogP) is 3.65. The number of nitrogens with zero attached hydrogens (tertiary/aromatic N) is 1. The summed E-state index contributed by atoms with van der Waals surface area (Å²) in [4.78, 5) is 14.2. The Bertz CT molecular complexity index is 327. The first kappa shape index (κ1) is 13.6. The number of hydrogen-bond donors (Lipinski definition) is 0. The quantitative estimate of drug-likeness (QED) is 0.771. The Morgan fingerprint density at radius 3 is 2.68 bits per heavy atom. The molecule has 4 unspecified atom stereocenters. The lowest BCUT2D eigenvalue weighted by atomic mass is 9.88. The van der Waals surface area contributed by atoms with Gasteiger partial charge in [-0.15, -0.1) is 0 Å². The molecule has 2 heteroatoms. The van der Waals surface area contributed by atoms with Crippen molar-refractivity contribution in [2.24, 2.45) is 17.8 Å². The first-order valence-corrected chi connectivity index (χ1v) is 8.46. The third kappa shape index (κ3) is 3.21. The molecule has 0 aromatic heterocycles. The van der Waals surface area contributed by atoms with Crippen LogP contribution < -0.4 is 0 Å². The zero-order valence-electron chi connectivity index (χ0n) is 12.4. The van der Waals surface area contributed by atoms with Crippen molar-refractivity contribution in [3.05, 3.63) is 0 Å². The van der Waals surface area contributed by atoms with Gasteiger partial charge in [-0.2, -0.15) is 0 Å². The maximum absolute atomic E-state index is 11.5. The minimum Gasteiger partial charge on any atom is -0.300 e. The molecule has 0 radical (unpaired) electrons. The summed E-state index contributed by atoms with van der Waals surface area (Å²) >= 11 is 0. The maximum Gasteiger partial charge on any atom is 0.131 e. The van der Waals surface area contributed by atoms with Crippen LogP contribution in [0.5, 0.6) is 0 Å². The molecule has 4 atom stereocenters. The van der Waals surface area contributed by atoms with Crippen molar-refractivity contribution in [2.45, 2.75) is 70.8 Å². The Morgan fingerprint density at radius 2 is 2.00 bits per heavy atom. The summed E-state index contributed by atoms with van der Waals surface area (Å²) in [6.45, 7) is 4.30. The van der Waals surface area contributed by atoms with Gasteiger partial charge < -0.3 is 0 Å². The van der Waals surface area contributed by atoms with Crippen LogP contribution in [0.15, 0.2) is 0 Å². The van der Waals surface area contributed by atoms with Gasteiger partial charge in [-0.3, -0.25) is 9.69 Å². The summed E-state index contributed by atoms with van der Waals surface area (Å²) < 4.78 is 0. The maximum atomic E-state index is 11.5. The highest BCUT2D eigenvalue weighted by molar-refractivity contribution is 5.76. The van der Waals surface area contributed by atoms with Crippen LogP contribution in [0.4, 0.5) is 0 Å². The van der Waals surface area contributed by atoms with Crippen LogP contribution in [-0.4, -0.2) is 29.8 Å². The lowest BCUT2D eigenvalue weighted by Crippen LogP contribution is -2.40. The zero-order valence-corrected chi connectivity index (χ0v) is 12.4. The fourth-order valence-corrected chi connectivity index (χ4v) is 4.94. The summed E-state index contributed by atoms with van der Waals surface area (Å²) in [5, 5.41) is 0. The third-order valence-electron chi connectivity index (χ3n) is 5.88. The summed E-state index contributed by atoms with van der Waals surface area (Å²) in [6.07, 6.45) is 12.0. The van der Waals surface area contributed by atoms with Gasteiger partial charge in [0.05, 0.1) is 0 Å². The molecule has 3 rings (SSSR count). The van der Waals surface area contributed by atoms with Crippen molar-refractivity contribution in [1.82, 2.24) is 4.90 Å². The van der Waals surface area contributed by atoms with Crippen LogP contribution in [0.3, 0.4) is 0 Å². The van der Waals surface area contributed by atoms with Gasteiger partial charge in [-0.05, 0) is 63.3 Å². The van der Waals surface area contributed by atoms with E-state index in [2.05, 4.69) is 4.90 Å². The third-order valence-corrected chi connectivity index (χ3v) is 5.88. The first-order chi connectivity index (χ1) is 9.22. The highest BCUT2D eigenvalue weighted by atomic mass is 16.1. The Hall–Kier alpha value is -0.370. The average Bonchev–Trinajstić information content (AvgIpc) is 2.91. The van der Waals surface area contributed by atoms with Crippen molar-refractivity contribution >= 4 is 5.78 Å². The number of rotatable bonds is 4. The van der Waals surface area contributed by atoms with Crippen molar-refractivity contribution in [2.75, 3.05) is 13.1 Å². The molecule has 2 saturated carbocycles. The van der Waals surface area contributed by atoms with E-state index in [1.54, 1.807) is 6.92 Å². The van der Waals surface area contributed by atoms with E-state index >= 15 is 0 Å². The van der Waals surface area contributed by atoms with E-state index in [1.165, 1.54) is 64.5 Å². The highest BCUT2D eigenvalue weighted by Gasteiger charge is 2.40. The van der Waals surface area contributed by atoms with Crippen molar-refractivity contribution < 1.29 is 4.79 Å². The van der Waals surface area contributed by atoms with Crippen LogP contribution in [0, 0.1) is 17.8 Å². The van der Waals surface area contributed by atoms with Gasteiger partial charge >= 0.3 is 0 Å². The number of carbonyl (C=O) groups excluding carboxylic acids is 1. The lowest BCUT2D eigenvalue weighted by molar-refractivity contribution is -0.118. The standard InChI is InChI=1S/C17H29NO/c1-13(19)9-17-5-3-2-4-8-18(17)12-16-11-14-6-7-15(16)10-14/h14-17H,2-12H2,1H3. The number of hydrogen-bond acceptors (Lipinski definition) is 2. The van der Waals surface area contributed by atoms with E-state index in [-0.39, 0.29) is 0 Å². The van der Waals surface area contributed by atoms with E-state index in [1.807, 2.05) is 0 Å². The predicted molar refractivity (Wildman–Crippen MR) is 78.1 cm³/mol. The van der Waals surface area contributed by atoms with Gasteiger partial charge in [0.15, 0.2) is 0 Å². The van der Waals surface area contributed by atoms with Crippen molar-refractivity contribution in [3.63, 3.8) is 0 Å². The number of fused-ring (bicyclic) bond motifs is 2. The minimum absolute atomic E-state index is 0.379. The van der Waals surface area contributed by atoms with E-state index in [4.69, 9.17) is 0 Å². The van der Waals surface area contributed by atoms with E-state index in [0.29, 0.717) is 11.8 Å². The Labute approximate surface area is 117 Å². The molecule has 0 aromatic carbocycles. The van der Waals surface area contributed by atoms with Crippen LogP contribution >= 0.6 is 0 Å². The van der Waals surface area contributed by atoms with Crippen LogP contribution in [0.1, 0.15) is 64.7 Å². The molecule has 2 aliphatic carbocycles. The molecule has 0 spiro atoms. The first-order valence-electron chi connectivity index (χ1n) is 8.46. The van der Waals surface area contributed by atoms with E-state index in [9.17, 15) is 4.79 Å². The monoisotopic (exact) mass is 263 g/mol. The second-order valence-corrected chi connectivity index (χ2v) is 7.34. The van der Waals surface area contributed by atoms with Gasteiger partial charge in [-0.1, -0.05) is 19.3 Å². The molecule has 3 aliphatic rings. The van der Waals surface area contributed by atoms with Gasteiger partial charge in [-0.25, -0.2) is 0 Å². The second-order valence-electron chi connectivity index (χ2n) is 7.34. The van der Waals surface area contributed by atoms with Gasteiger partial charge in [0.1, 0.15) is 5.78 Å². The summed E-state index contributed by atoms with van der Waals surface area (Å²) in [5.41, 5.74) is 0. The molecule has 1 heterocycles. The number of ketones is 1. The minimum atomic E-state index is 0.379. The number of likely N-dealkylation sites (tertiary alicyclic amines) is 1. The fraction of sp³-hybridized carbons (Fsp3) is 0.941. The van der Waals surface area contributed by atoms with Crippen LogP contribution in [0.2, 0.25) is 0 Å².